The minimum Gasteiger partial charge on any atom is -0.496 e. The molecule has 0 spiro atoms. The minimum absolute atomic E-state index is 0.647. The fourth-order valence-corrected chi connectivity index (χ4v) is 2.78. The molecule has 0 aliphatic heterocycles. The lowest BCUT2D eigenvalue weighted by Crippen LogP contribution is -2.22. The minimum atomic E-state index is 0.647. The van der Waals surface area contributed by atoms with Crippen molar-refractivity contribution in [1.82, 2.24) is 0 Å². The van der Waals surface area contributed by atoms with Crippen molar-refractivity contribution in [1.29, 1.82) is 0 Å². The molecule has 1 aromatic rings. The summed E-state index contributed by atoms with van der Waals surface area (Å²) in [5.74, 6) is 0.884. The Hall–Kier alpha value is -0.700. The van der Waals surface area contributed by atoms with Gasteiger partial charge in [0, 0.05) is 11.7 Å². The summed E-state index contributed by atoms with van der Waals surface area (Å²) < 4.78 is 6.23. The molecule has 0 bridgehead atoms. The monoisotopic (exact) mass is 283 g/mol. The number of halogens is 1. The molecule has 88 valence electrons. The van der Waals surface area contributed by atoms with E-state index in [9.17, 15) is 0 Å². The quantitative estimate of drug-likeness (QED) is 0.898. The molecule has 1 fully saturated rings. The van der Waals surface area contributed by atoms with E-state index in [-0.39, 0.29) is 0 Å². The largest absolute Gasteiger partial charge is 0.496 e. The number of benzene rings is 1. The van der Waals surface area contributed by atoms with Gasteiger partial charge in [0.25, 0.3) is 0 Å². The third-order valence-electron chi connectivity index (χ3n) is 3.13. The van der Waals surface area contributed by atoms with Gasteiger partial charge in [-0.1, -0.05) is 19.3 Å². The van der Waals surface area contributed by atoms with Crippen LogP contribution in [0.1, 0.15) is 32.1 Å². The second kappa shape index (κ2) is 5.58. The van der Waals surface area contributed by atoms with Crippen molar-refractivity contribution < 1.29 is 4.74 Å². The predicted molar refractivity (Wildman–Crippen MR) is 71.2 cm³/mol. The molecule has 0 amide bonds. The van der Waals surface area contributed by atoms with Crippen molar-refractivity contribution in [3.8, 4) is 5.75 Å². The van der Waals surface area contributed by atoms with Crippen LogP contribution in [0.2, 0.25) is 0 Å². The van der Waals surface area contributed by atoms with Crippen LogP contribution in [-0.2, 0) is 0 Å². The second-order valence-electron chi connectivity index (χ2n) is 4.33. The average molecular weight is 284 g/mol. The lowest BCUT2D eigenvalue weighted by Gasteiger charge is -2.24. The SMILES string of the molecule is COc1ccc(NC2CCCCC2)cc1Br. The van der Waals surface area contributed by atoms with Crippen molar-refractivity contribution in [2.45, 2.75) is 38.1 Å². The van der Waals surface area contributed by atoms with Gasteiger partial charge in [0.1, 0.15) is 5.75 Å². The van der Waals surface area contributed by atoms with E-state index in [4.69, 9.17) is 4.74 Å². The number of hydrogen-bond acceptors (Lipinski definition) is 2. The summed E-state index contributed by atoms with van der Waals surface area (Å²) in [5, 5.41) is 3.59. The number of nitrogens with one attached hydrogen (secondary N) is 1. The topological polar surface area (TPSA) is 21.3 Å². The molecule has 2 rings (SSSR count). The Bertz CT molecular complexity index is 348. The van der Waals surface area contributed by atoms with Gasteiger partial charge in [-0.05, 0) is 47.0 Å². The molecule has 1 N–H and O–H groups in total. The van der Waals surface area contributed by atoms with Gasteiger partial charge < -0.3 is 10.1 Å². The Labute approximate surface area is 106 Å². The fraction of sp³-hybridized carbons (Fsp3) is 0.538. The first-order valence-corrected chi connectivity index (χ1v) is 6.69. The second-order valence-corrected chi connectivity index (χ2v) is 5.18. The maximum Gasteiger partial charge on any atom is 0.133 e. The summed E-state index contributed by atoms with van der Waals surface area (Å²) in [6, 6.07) is 6.81. The van der Waals surface area contributed by atoms with Crippen molar-refractivity contribution in [3.05, 3.63) is 22.7 Å². The van der Waals surface area contributed by atoms with Crippen LogP contribution in [0.3, 0.4) is 0 Å². The van der Waals surface area contributed by atoms with Crippen molar-refractivity contribution in [3.63, 3.8) is 0 Å². The van der Waals surface area contributed by atoms with Crippen LogP contribution >= 0.6 is 15.9 Å². The van der Waals surface area contributed by atoms with Gasteiger partial charge in [0.15, 0.2) is 0 Å². The highest BCUT2D eigenvalue weighted by Gasteiger charge is 2.13. The van der Waals surface area contributed by atoms with Gasteiger partial charge in [-0.25, -0.2) is 0 Å². The zero-order valence-electron chi connectivity index (χ0n) is 9.63. The molecule has 0 unspecified atom stereocenters. The first-order valence-electron chi connectivity index (χ1n) is 5.89. The normalized spacial score (nSPS) is 17.1. The Morgan fingerprint density at radius 2 is 2.00 bits per heavy atom. The molecule has 1 aliphatic carbocycles. The third-order valence-corrected chi connectivity index (χ3v) is 3.75. The van der Waals surface area contributed by atoms with E-state index in [1.165, 1.54) is 37.8 Å². The zero-order chi connectivity index (χ0) is 11.4. The van der Waals surface area contributed by atoms with Crippen LogP contribution in [0.4, 0.5) is 5.69 Å². The van der Waals surface area contributed by atoms with Gasteiger partial charge in [-0.2, -0.15) is 0 Å². The van der Waals surface area contributed by atoms with E-state index in [2.05, 4.69) is 33.4 Å². The van der Waals surface area contributed by atoms with Gasteiger partial charge in [-0.15, -0.1) is 0 Å². The van der Waals surface area contributed by atoms with Crippen LogP contribution < -0.4 is 10.1 Å². The molecular formula is C13H18BrNO. The van der Waals surface area contributed by atoms with Crippen LogP contribution in [0.15, 0.2) is 22.7 Å². The van der Waals surface area contributed by atoms with Gasteiger partial charge >= 0.3 is 0 Å². The first-order chi connectivity index (χ1) is 7.79. The first kappa shape index (κ1) is 11.8. The summed E-state index contributed by atoms with van der Waals surface area (Å²) in [7, 11) is 1.69. The average Bonchev–Trinajstić information content (AvgIpc) is 2.31. The van der Waals surface area contributed by atoms with Crippen LogP contribution in [0, 0.1) is 0 Å². The third kappa shape index (κ3) is 2.91. The molecule has 0 saturated heterocycles. The lowest BCUT2D eigenvalue weighted by molar-refractivity contribution is 0.412. The molecule has 0 radical (unpaired) electrons. The maximum absolute atomic E-state index is 5.22. The Morgan fingerprint density at radius 1 is 1.25 bits per heavy atom. The van der Waals surface area contributed by atoms with E-state index in [1.807, 2.05) is 6.07 Å². The maximum atomic E-state index is 5.22. The summed E-state index contributed by atoms with van der Waals surface area (Å²) in [5.41, 5.74) is 1.18. The zero-order valence-corrected chi connectivity index (χ0v) is 11.2. The molecular weight excluding hydrogens is 266 g/mol. The van der Waals surface area contributed by atoms with E-state index in [0.717, 1.165) is 10.2 Å². The molecule has 0 heterocycles. The molecule has 1 aromatic carbocycles. The van der Waals surface area contributed by atoms with Gasteiger partial charge in [0.2, 0.25) is 0 Å². The van der Waals surface area contributed by atoms with E-state index >= 15 is 0 Å². The van der Waals surface area contributed by atoms with E-state index in [1.54, 1.807) is 7.11 Å². The van der Waals surface area contributed by atoms with Crippen molar-refractivity contribution >= 4 is 21.6 Å². The number of rotatable bonds is 3. The highest BCUT2D eigenvalue weighted by molar-refractivity contribution is 9.10. The highest BCUT2D eigenvalue weighted by atomic mass is 79.9. The Balaban J connectivity index is 2.01. The molecule has 3 heteroatoms. The number of anilines is 1. The van der Waals surface area contributed by atoms with E-state index < -0.39 is 0 Å². The summed E-state index contributed by atoms with van der Waals surface area (Å²) in [4.78, 5) is 0. The molecule has 0 aromatic heterocycles. The Kier molecular flexibility index (Phi) is 4.10. The van der Waals surface area contributed by atoms with Crippen LogP contribution in [0.5, 0.6) is 5.75 Å². The molecule has 1 aliphatic rings. The van der Waals surface area contributed by atoms with E-state index in [0.29, 0.717) is 6.04 Å². The van der Waals surface area contributed by atoms with Crippen LogP contribution in [0.25, 0.3) is 0 Å². The molecule has 1 saturated carbocycles. The number of ether oxygens (including phenoxy) is 1. The fourth-order valence-electron chi connectivity index (χ4n) is 2.24. The summed E-state index contributed by atoms with van der Waals surface area (Å²) in [6.07, 6.45) is 6.70. The van der Waals surface area contributed by atoms with Gasteiger partial charge in [0.05, 0.1) is 11.6 Å². The smallest absolute Gasteiger partial charge is 0.133 e. The van der Waals surface area contributed by atoms with Crippen molar-refractivity contribution in [2.24, 2.45) is 0 Å². The standard InChI is InChI=1S/C13H18BrNO/c1-16-13-8-7-11(9-12(13)14)15-10-5-3-2-4-6-10/h7-10,15H,2-6H2,1H3. The Morgan fingerprint density at radius 3 is 2.62 bits per heavy atom. The lowest BCUT2D eigenvalue weighted by atomic mass is 9.95. The molecule has 0 atom stereocenters. The van der Waals surface area contributed by atoms with Crippen LogP contribution in [-0.4, -0.2) is 13.2 Å². The predicted octanol–water partition coefficient (Wildman–Crippen LogP) is 4.20. The van der Waals surface area contributed by atoms with Gasteiger partial charge in [-0.3, -0.25) is 0 Å². The highest BCUT2D eigenvalue weighted by Crippen LogP contribution is 2.29. The number of hydrogen-bond donors (Lipinski definition) is 1. The van der Waals surface area contributed by atoms with Crippen molar-refractivity contribution in [2.75, 3.05) is 12.4 Å². The molecule has 2 nitrogen and oxygen atoms in total. The molecule has 16 heavy (non-hydrogen) atoms. The summed E-state index contributed by atoms with van der Waals surface area (Å²) in [6.45, 7) is 0. The number of methoxy groups -OCH3 is 1. The summed E-state index contributed by atoms with van der Waals surface area (Å²) >= 11 is 3.51.